The lowest BCUT2D eigenvalue weighted by molar-refractivity contribution is -0.131. The van der Waals surface area contributed by atoms with Crippen LogP contribution in [-0.2, 0) is 11.2 Å². The number of aromatic nitrogens is 1. The maximum atomic E-state index is 10.7. The van der Waals surface area contributed by atoms with Crippen molar-refractivity contribution in [2.45, 2.75) is 39.0 Å². The molecule has 0 bridgehead atoms. The maximum Gasteiger partial charge on any atom is 0.328 e. The molecule has 1 aromatic heterocycles. The Bertz CT molecular complexity index is 488. The van der Waals surface area contributed by atoms with Gasteiger partial charge >= 0.3 is 5.97 Å². The lowest BCUT2D eigenvalue weighted by atomic mass is 10.1. The summed E-state index contributed by atoms with van der Waals surface area (Å²) in [6.45, 7) is 7.66. The monoisotopic (exact) mass is 294 g/mol. The molecule has 5 heteroatoms. The molecule has 0 aromatic carbocycles. The highest BCUT2D eigenvalue weighted by atomic mass is 32.1. The predicted octanol–water partition coefficient (Wildman–Crippen LogP) is 3.00. The molecule has 0 spiro atoms. The van der Waals surface area contributed by atoms with Crippen molar-refractivity contribution in [1.82, 2.24) is 9.88 Å². The number of hydrogen-bond acceptors (Lipinski definition) is 4. The fraction of sp³-hybridized carbons (Fsp3) is 0.600. The Labute approximate surface area is 124 Å². The number of aliphatic carboxylic acids is 1. The van der Waals surface area contributed by atoms with E-state index in [1.54, 1.807) is 17.4 Å². The summed E-state index contributed by atoms with van der Waals surface area (Å²) in [6, 6.07) is 0. The largest absolute Gasteiger partial charge is 0.478 e. The Balaban J connectivity index is 2.05. The second-order valence-corrected chi connectivity index (χ2v) is 6.60. The zero-order chi connectivity index (χ0) is 14.5. The number of thiazole rings is 1. The van der Waals surface area contributed by atoms with E-state index >= 15 is 0 Å². The average Bonchev–Trinajstić information content (AvgIpc) is 3.03. The Morgan fingerprint density at radius 2 is 2.15 bits per heavy atom. The minimum Gasteiger partial charge on any atom is -0.478 e. The van der Waals surface area contributed by atoms with Gasteiger partial charge in [-0.2, -0.15) is 0 Å². The molecule has 20 heavy (non-hydrogen) atoms. The summed E-state index contributed by atoms with van der Waals surface area (Å²) in [7, 11) is 0. The molecule has 1 aromatic rings. The lowest BCUT2D eigenvalue weighted by Crippen LogP contribution is -2.21. The van der Waals surface area contributed by atoms with Crippen molar-refractivity contribution in [1.29, 1.82) is 0 Å². The van der Waals surface area contributed by atoms with Crippen LogP contribution in [0.25, 0.3) is 6.08 Å². The van der Waals surface area contributed by atoms with Crippen molar-refractivity contribution >= 4 is 23.4 Å². The molecule has 4 nitrogen and oxygen atoms in total. The van der Waals surface area contributed by atoms with Gasteiger partial charge in [-0.1, -0.05) is 13.8 Å². The molecule has 2 rings (SSSR count). The molecule has 1 N–H and O–H groups in total. The van der Waals surface area contributed by atoms with Gasteiger partial charge < -0.3 is 10.0 Å². The SMILES string of the molecule is CC(C)c1nc(CCN2CCCC2)sc1/C=C/C(=O)O. The number of carbonyl (C=O) groups is 1. The van der Waals surface area contributed by atoms with Crippen LogP contribution in [0.1, 0.15) is 48.2 Å². The quantitative estimate of drug-likeness (QED) is 0.819. The van der Waals surface area contributed by atoms with Gasteiger partial charge in [0.1, 0.15) is 0 Å². The summed E-state index contributed by atoms with van der Waals surface area (Å²) in [6.07, 6.45) is 6.45. The fourth-order valence-corrected chi connectivity index (χ4v) is 3.55. The van der Waals surface area contributed by atoms with Gasteiger partial charge in [-0.15, -0.1) is 11.3 Å². The Hall–Kier alpha value is -1.20. The second-order valence-electron chi connectivity index (χ2n) is 5.48. The van der Waals surface area contributed by atoms with E-state index in [9.17, 15) is 4.79 Å². The Morgan fingerprint density at radius 1 is 1.45 bits per heavy atom. The van der Waals surface area contributed by atoms with Crippen molar-refractivity contribution in [3.05, 3.63) is 21.7 Å². The standard InChI is InChI=1S/C15H22N2O2S/c1-11(2)15-12(5-6-14(18)19)20-13(16-15)7-10-17-8-3-4-9-17/h5-6,11H,3-4,7-10H2,1-2H3,(H,18,19)/b6-5+. The molecule has 1 fully saturated rings. The molecule has 0 aliphatic carbocycles. The number of rotatable bonds is 6. The second kappa shape index (κ2) is 6.99. The first kappa shape index (κ1) is 15.2. The lowest BCUT2D eigenvalue weighted by Gasteiger charge is -2.12. The van der Waals surface area contributed by atoms with Crippen LogP contribution in [0.4, 0.5) is 0 Å². The Morgan fingerprint density at radius 3 is 2.75 bits per heavy atom. The third-order valence-corrected chi connectivity index (χ3v) is 4.59. The summed E-state index contributed by atoms with van der Waals surface area (Å²) in [5.74, 6) is -0.591. The van der Waals surface area contributed by atoms with Gasteiger partial charge in [-0.3, -0.25) is 0 Å². The van der Waals surface area contributed by atoms with Crippen LogP contribution in [0.3, 0.4) is 0 Å². The number of hydrogen-bond donors (Lipinski definition) is 1. The number of likely N-dealkylation sites (tertiary alicyclic amines) is 1. The molecule has 0 radical (unpaired) electrons. The van der Waals surface area contributed by atoms with E-state index < -0.39 is 5.97 Å². The normalized spacial score (nSPS) is 16.6. The molecule has 1 saturated heterocycles. The van der Waals surface area contributed by atoms with Crippen LogP contribution in [0.2, 0.25) is 0 Å². The average molecular weight is 294 g/mol. The van der Waals surface area contributed by atoms with Gasteiger partial charge in [0, 0.05) is 19.0 Å². The maximum absolute atomic E-state index is 10.7. The smallest absolute Gasteiger partial charge is 0.328 e. The number of carboxylic acids is 1. The highest BCUT2D eigenvalue weighted by Crippen LogP contribution is 2.27. The predicted molar refractivity (Wildman–Crippen MR) is 82.3 cm³/mol. The van der Waals surface area contributed by atoms with Crippen LogP contribution < -0.4 is 0 Å². The summed E-state index contributed by atoms with van der Waals surface area (Å²) in [5.41, 5.74) is 1.02. The molecular weight excluding hydrogens is 272 g/mol. The van der Waals surface area contributed by atoms with E-state index in [-0.39, 0.29) is 0 Å². The third-order valence-electron chi connectivity index (χ3n) is 3.49. The Kier molecular flexibility index (Phi) is 5.31. The van der Waals surface area contributed by atoms with Crippen LogP contribution >= 0.6 is 11.3 Å². The van der Waals surface area contributed by atoms with Crippen LogP contribution in [0.5, 0.6) is 0 Å². The summed E-state index contributed by atoms with van der Waals surface area (Å²) in [5, 5.41) is 9.87. The van der Waals surface area contributed by atoms with Crippen LogP contribution in [0.15, 0.2) is 6.08 Å². The molecule has 1 aliphatic rings. The first-order valence-corrected chi connectivity index (χ1v) is 8.01. The molecule has 2 heterocycles. The third kappa shape index (κ3) is 4.15. The zero-order valence-corrected chi connectivity index (χ0v) is 12.9. The van der Waals surface area contributed by atoms with E-state index in [2.05, 4.69) is 18.7 Å². The minimum atomic E-state index is -0.910. The van der Waals surface area contributed by atoms with E-state index in [0.717, 1.165) is 28.5 Å². The first-order valence-electron chi connectivity index (χ1n) is 7.19. The van der Waals surface area contributed by atoms with Gasteiger partial charge in [0.2, 0.25) is 0 Å². The molecule has 1 aliphatic heterocycles. The molecule has 110 valence electrons. The topological polar surface area (TPSA) is 53.4 Å². The zero-order valence-electron chi connectivity index (χ0n) is 12.1. The molecule has 0 amide bonds. The fourth-order valence-electron chi connectivity index (χ4n) is 2.44. The molecule has 0 unspecified atom stereocenters. The van der Waals surface area contributed by atoms with Crippen molar-refractivity contribution in [3.63, 3.8) is 0 Å². The van der Waals surface area contributed by atoms with E-state index in [1.807, 2.05) is 0 Å². The van der Waals surface area contributed by atoms with E-state index in [1.165, 1.54) is 32.0 Å². The molecule has 0 saturated carbocycles. The van der Waals surface area contributed by atoms with Gasteiger partial charge in [0.05, 0.1) is 15.6 Å². The number of nitrogens with zero attached hydrogens (tertiary/aromatic N) is 2. The van der Waals surface area contributed by atoms with Crippen LogP contribution in [-0.4, -0.2) is 40.6 Å². The van der Waals surface area contributed by atoms with Crippen molar-refractivity contribution < 1.29 is 9.90 Å². The van der Waals surface area contributed by atoms with Crippen LogP contribution in [0, 0.1) is 0 Å². The van der Waals surface area contributed by atoms with Gasteiger partial charge in [0.25, 0.3) is 0 Å². The van der Waals surface area contributed by atoms with Crippen molar-refractivity contribution in [2.24, 2.45) is 0 Å². The summed E-state index contributed by atoms with van der Waals surface area (Å²) >= 11 is 1.63. The van der Waals surface area contributed by atoms with Crippen molar-refractivity contribution in [3.8, 4) is 0 Å². The highest BCUT2D eigenvalue weighted by Gasteiger charge is 2.15. The molecular formula is C15H22N2O2S. The number of carboxylic acid groups (broad SMARTS) is 1. The van der Waals surface area contributed by atoms with Crippen molar-refractivity contribution in [2.75, 3.05) is 19.6 Å². The first-order chi connectivity index (χ1) is 9.56. The van der Waals surface area contributed by atoms with E-state index in [4.69, 9.17) is 10.1 Å². The van der Waals surface area contributed by atoms with E-state index in [0.29, 0.717) is 5.92 Å². The molecule has 0 atom stereocenters. The summed E-state index contributed by atoms with van der Waals surface area (Å²) in [4.78, 5) is 18.8. The minimum absolute atomic E-state index is 0.320. The van der Waals surface area contributed by atoms with Gasteiger partial charge in [-0.05, 0) is 37.9 Å². The van der Waals surface area contributed by atoms with Gasteiger partial charge in [-0.25, -0.2) is 9.78 Å². The summed E-state index contributed by atoms with van der Waals surface area (Å²) < 4.78 is 0. The van der Waals surface area contributed by atoms with Gasteiger partial charge in [0.15, 0.2) is 0 Å². The highest BCUT2D eigenvalue weighted by molar-refractivity contribution is 7.12.